The number of ether oxygens (including phenoxy) is 1. The van der Waals surface area contributed by atoms with Gasteiger partial charge < -0.3 is 14.9 Å². The molecule has 1 aromatic carbocycles. The van der Waals surface area contributed by atoms with Gasteiger partial charge in [0.2, 0.25) is 0 Å². The van der Waals surface area contributed by atoms with Gasteiger partial charge in [0.25, 0.3) is 0 Å². The number of rotatable bonds is 4. The third kappa shape index (κ3) is 2.51. The molecule has 3 heteroatoms. The molecule has 1 aromatic heterocycles. The molecule has 1 unspecified atom stereocenters. The number of hydrogen-bond donors (Lipinski definition) is 1. The highest BCUT2D eigenvalue weighted by Gasteiger charge is 2.40. The lowest BCUT2D eigenvalue weighted by Gasteiger charge is -2.42. The van der Waals surface area contributed by atoms with E-state index in [-0.39, 0.29) is 11.5 Å². The van der Waals surface area contributed by atoms with Crippen LogP contribution in [0.25, 0.3) is 0 Å². The third-order valence-electron chi connectivity index (χ3n) is 4.44. The molecule has 1 aliphatic rings. The van der Waals surface area contributed by atoms with Gasteiger partial charge in [-0.2, -0.15) is 0 Å². The van der Waals surface area contributed by atoms with E-state index in [0.29, 0.717) is 0 Å². The molecule has 0 aliphatic carbocycles. The maximum Gasteiger partial charge on any atom is 0.105 e. The van der Waals surface area contributed by atoms with Crippen molar-refractivity contribution in [1.82, 2.24) is 0 Å². The number of hydrogen-bond acceptors (Lipinski definition) is 3. The van der Waals surface area contributed by atoms with Crippen LogP contribution in [0, 0.1) is 0 Å². The zero-order valence-electron chi connectivity index (χ0n) is 11.6. The summed E-state index contributed by atoms with van der Waals surface area (Å²) in [6.07, 6.45) is 4.42. The molecule has 106 valence electrons. The van der Waals surface area contributed by atoms with Crippen LogP contribution >= 0.6 is 0 Å². The van der Waals surface area contributed by atoms with Crippen LogP contribution in [0.5, 0.6) is 0 Å². The molecule has 1 fully saturated rings. The van der Waals surface area contributed by atoms with Crippen molar-refractivity contribution < 1.29 is 9.15 Å². The molecular weight excluding hydrogens is 250 g/mol. The Bertz CT molecular complexity index is 515. The van der Waals surface area contributed by atoms with Crippen molar-refractivity contribution in [1.29, 1.82) is 0 Å². The summed E-state index contributed by atoms with van der Waals surface area (Å²) < 4.78 is 11.0. The molecule has 1 saturated heterocycles. The zero-order valence-corrected chi connectivity index (χ0v) is 11.6. The largest absolute Gasteiger partial charge is 0.469 e. The summed E-state index contributed by atoms with van der Waals surface area (Å²) in [4.78, 5) is 0. The first-order valence-corrected chi connectivity index (χ1v) is 7.22. The molecule has 0 radical (unpaired) electrons. The topological polar surface area (TPSA) is 48.4 Å². The van der Waals surface area contributed by atoms with E-state index in [9.17, 15) is 0 Å². The Hall–Kier alpha value is -1.58. The Balaban J connectivity index is 1.89. The van der Waals surface area contributed by atoms with Gasteiger partial charge in [-0.05, 0) is 30.5 Å². The third-order valence-corrected chi connectivity index (χ3v) is 4.44. The average molecular weight is 271 g/mol. The lowest BCUT2D eigenvalue weighted by molar-refractivity contribution is 0.0393. The van der Waals surface area contributed by atoms with Crippen molar-refractivity contribution in [3.8, 4) is 0 Å². The molecule has 1 atom stereocenters. The van der Waals surface area contributed by atoms with Crippen LogP contribution in [0.1, 0.15) is 24.2 Å². The van der Waals surface area contributed by atoms with E-state index >= 15 is 0 Å². The van der Waals surface area contributed by atoms with E-state index in [2.05, 4.69) is 30.3 Å². The van der Waals surface area contributed by atoms with E-state index in [1.807, 2.05) is 12.1 Å². The van der Waals surface area contributed by atoms with Crippen molar-refractivity contribution >= 4 is 0 Å². The van der Waals surface area contributed by atoms with E-state index in [4.69, 9.17) is 14.9 Å². The number of benzene rings is 1. The van der Waals surface area contributed by atoms with Crippen LogP contribution in [-0.2, 0) is 16.6 Å². The Morgan fingerprint density at radius 1 is 1.05 bits per heavy atom. The van der Waals surface area contributed by atoms with E-state index in [1.54, 1.807) is 6.26 Å². The van der Waals surface area contributed by atoms with E-state index in [1.165, 1.54) is 5.56 Å². The first kappa shape index (κ1) is 13.4. The standard InChI is InChI=1S/C17H21NO2/c18-16(13-15-7-4-10-20-15)17(8-11-19-12-9-17)14-5-2-1-3-6-14/h1-7,10,16H,8-9,11-13,18H2. The Labute approximate surface area is 119 Å². The Kier molecular flexibility index (Phi) is 3.90. The second-order valence-electron chi connectivity index (χ2n) is 5.52. The van der Waals surface area contributed by atoms with Crippen LogP contribution in [0.3, 0.4) is 0 Å². The minimum atomic E-state index is -0.00764. The van der Waals surface area contributed by atoms with Gasteiger partial charge in [-0.15, -0.1) is 0 Å². The molecular formula is C17H21NO2. The van der Waals surface area contributed by atoms with Crippen LogP contribution < -0.4 is 5.73 Å². The quantitative estimate of drug-likeness (QED) is 0.930. The van der Waals surface area contributed by atoms with Crippen LogP contribution in [0.2, 0.25) is 0 Å². The fourth-order valence-corrected chi connectivity index (χ4v) is 3.22. The van der Waals surface area contributed by atoms with Gasteiger partial charge in [0.1, 0.15) is 5.76 Å². The van der Waals surface area contributed by atoms with Crippen molar-refractivity contribution in [2.75, 3.05) is 13.2 Å². The second-order valence-corrected chi connectivity index (χ2v) is 5.52. The van der Waals surface area contributed by atoms with Crippen molar-refractivity contribution in [3.63, 3.8) is 0 Å². The van der Waals surface area contributed by atoms with Crippen LogP contribution in [0.4, 0.5) is 0 Å². The molecule has 0 bridgehead atoms. The second kappa shape index (κ2) is 5.81. The molecule has 20 heavy (non-hydrogen) atoms. The highest BCUT2D eigenvalue weighted by molar-refractivity contribution is 5.29. The zero-order chi connectivity index (χ0) is 13.8. The average Bonchev–Trinajstić information content (AvgIpc) is 3.02. The van der Waals surface area contributed by atoms with E-state index in [0.717, 1.165) is 38.2 Å². The molecule has 0 saturated carbocycles. The molecule has 2 N–H and O–H groups in total. The van der Waals surface area contributed by atoms with Crippen molar-refractivity contribution in [3.05, 3.63) is 60.1 Å². The summed E-state index contributed by atoms with van der Waals surface area (Å²) in [5, 5.41) is 0. The number of nitrogens with two attached hydrogens (primary N) is 1. The van der Waals surface area contributed by atoms with Gasteiger partial charge in [0, 0.05) is 31.1 Å². The Morgan fingerprint density at radius 2 is 1.80 bits per heavy atom. The van der Waals surface area contributed by atoms with Crippen LogP contribution in [0.15, 0.2) is 53.1 Å². The first-order chi connectivity index (χ1) is 9.81. The normalized spacial score (nSPS) is 19.6. The maximum absolute atomic E-state index is 6.59. The fraction of sp³-hybridized carbons (Fsp3) is 0.412. The number of furan rings is 1. The lowest BCUT2D eigenvalue weighted by atomic mass is 9.68. The molecule has 2 heterocycles. The molecule has 1 aliphatic heterocycles. The van der Waals surface area contributed by atoms with Crippen molar-refractivity contribution in [2.45, 2.75) is 30.7 Å². The highest BCUT2D eigenvalue weighted by atomic mass is 16.5. The SMILES string of the molecule is NC(Cc1ccco1)C1(c2ccccc2)CCOCC1. The minimum absolute atomic E-state index is 0.00764. The summed E-state index contributed by atoms with van der Waals surface area (Å²) in [5.74, 6) is 0.958. The van der Waals surface area contributed by atoms with Gasteiger partial charge in [0.15, 0.2) is 0 Å². The molecule has 0 amide bonds. The summed E-state index contributed by atoms with van der Waals surface area (Å²) in [6.45, 7) is 1.56. The summed E-state index contributed by atoms with van der Waals surface area (Å²) in [6, 6.07) is 14.6. The molecule has 2 aromatic rings. The summed E-state index contributed by atoms with van der Waals surface area (Å²) >= 11 is 0. The van der Waals surface area contributed by atoms with Gasteiger partial charge in [0.05, 0.1) is 6.26 Å². The van der Waals surface area contributed by atoms with E-state index < -0.39 is 0 Å². The minimum Gasteiger partial charge on any atom is -0.469 e. The fourth-order valence-electron chi connectivity index (χ4n) is 3.22. The Morgan fingerprint density at radius 3 is 2.45 bits per heavy atom. The highest BCUT2D eigenvalue weighted by Crippen LogP contribution is 2.38. The van der Waals surface area contributed by atoms with Gasteiger partial charge >= 0.3 is 0 Å². The predicted octanol–water partition coefficient (Wildman–Crippen LogP) is 2.90. The lowest BCUT2D eigenvalue weighted by Crippen LogP contribution is -2.50. The first-order valence-electron chi connectivity index (χ1n) is 7.22. The smallest absolute Gasteiger partial charge is 0.105 e. The van der Waals surface area contributed by atoms with Gasteiger partial charge in [-0.1, -0.05) is 30.3 Å². The summed E-state index contributed by atoms with van der Waals surface area (Å²) in [5.41, 5.74) is 7.91. The van der Waals surface area contributed by atoms with Gasteiger partial charge in [-0.25, -0.2) is 0 Å². The molecule has 3 rings (SSSR count). The van der Waals surface area contributed by atoms with Crippen molar-refractivity contribution in [2.24, 2.45) is 5.73 Å². The maximum atomic E-state index is 6.59. The van der Waals surface area contributed by atoms with Gasteiger partial charge in [-0.3, -0.25) is 0 Å². The predicted molar refractivity (Wildman–Crippen MR) is 78.6 cm³/mol. The molecule has 3 nitrogen and oxygen atoms in total. The van der Waals surface area contributed by atoms with Crippen LogP contribution in [-0.4, -0.2) is 19.3 Å². The molecule has 0 spiro atoms. The summed E-state index contributed by atoms with van der Waals surface area (Å²) in [7, 11) is 0. The monoisotopic (exact) mass is 271 g/mol.